The molecule has 0 saturated heterocycles. The van der Waals surface area contributed by atoms with Crippen LogP contribution in [0.3, 0.4) is 0 Å². The van der Waals surface area contributed by atoms with Crippen LogP contribution in [-0.2, 0) is 11.2 Å². The maximum atomic E-state index is 14.4. The Morgan fingerprint density at radius 2 is 1.81 bits per heavy atom. The third-order valence-electron chi connectivity index (χ3n) is 4.11. The van der Waals surface area contributed by atoms with Crippen LogP contribution in [0.4, 0.5) is 8.78 Å². The fourth-order valence-electron chi connectivity index (χ4n) is 2.92. The van der Waals surface area contributed by atoms with E-state index in [4.69, 9.17) is 28.3 Å². The third kappa shape index (κ3) is 2.85. The first-order valence-electron chi connectivity index (χ1n) is 7.42. The molecule has 0 aliphatic carbocycles. The summed E-state index contributed by atoms with van der Waals surface area (Å²) >= 11 is 11.3. The van der Waals surface area contributed by atoms with Crippen molar-refractivity contribution in [3.05, 3.63) is 68.8 Å². The van der Waals surface area contributed by atoms with E-state index < -0.39 is 39.1 Å². The van der Waals surface area contributed by atoms with Crippen LogP contribution >= 0.6 is 23.2 Å². The third-order valence-corrected chi connectivity index (χ3v) is 4.71. The number of carbonyl (C=O) groups excluding carboxylic acids is 1. The first-order chi connectivity index (χ1) is 12.2. The topological polar surface area (TPSA) is 59.3 Å². The standard InChI is InChI=1S/C18H11Cl2F2NO3/c1-8-10(7-14(24)25)9-4-2-3-5-13(9)23(8)18(26)11-6-12(19)17(22)15(20)16(11)21/h2-6H,7H2,1H3,(H,24,25). The van der Waals surface area contributed by atoms with Gasteiger partial charge in [0.1, 0.15) is 5.02 Å². The summed E-state index contributed by atoms with van der Waals surface area (Å²) in [6, 6.07) is 7.51. The minimum absolute atomic E-state index is 0.306. The van der Waals surface area contributed by atoms with Gasteiger partial charge in [0.15, 0.2) is 11.6 Å². The van der Waals surface area contributed by atoms with Gasteiger partial charge in [-0.1, -0.05) is 41.4 Å². The summed E-state index contributed by atoms with van der Waals surface area (Å²) < 4.78 is 29.2. The summed E-state index contributed by atoms with van der Waals surface area (Å²) in [5.74, 6) is -4.27. The van der Waals surface area contributed by atoms with Crippen molar-refractivity contribution in [2.45, 2.75) is 13.3 Å². The molecule has 0 atom stereocenters. The molecule has 1 heterocycles. The van der Waals surface area contributed by atoms with E-state index in [9.17, 15) is 18.4 Å². The van der Waals surface area contributed by atoms with Crippen molar-refractivity contribution in [2.24, 2.45) is 0 Å². The molecule has 0 aliphatic rings. The van der Waals surface area contributed by atoms with E-state index in [1.165, 1.54) is 4.57 Å². The largest absolute Gasteiger partial charge is 0.481 e. The molecular weight excluding hydrogens is 387 g/mol. The molecule has 8 heteroatoms. The molecule has 0 radical (unpaired) electrons. The van der Waals surface area contributed by atoms with Gasteiger partial charge >= 0.3 is 5.97 Å². The van der Waals surface area contributed by atoms with E-state index in [-0.39, 0.29) is 6.42 Å². The van der Waals surface area contributed by atoms with Crippen LogP contribution < -0.4 is 0 Å². The van der Waals surface area contributed by atoms with Crippen LogP contribution in [-0.4, -0.2) is 21.6 Å². The van der Waals surface area contributed by atoms with Gasteiger partial charge in [-0.3, -0.25) is 14.2 Å². The molecule has 0 amide bonds. The molecule has 26 heavy (non-hydrogen) atoms. The Hall–Kier alpha value is -2.44. The van der Waals surface area contributed by atoms with Gasteiger partial charge in [-0.15, -0.1) is 0 Å². The molecule has 0 aliphatic heterocycles. The van der Waals surface area contributed by atoms with Crippen molar-refractivity contribution in [1.82, 2.24) is 4.57 Å². The molecule has 1 aromatic heterocycles. The number of hydrogen-bond acceptors (Lipinski definition) is 2. The molecule has 0 fully saturated rings. The summed E-state index contributed by atoms with van der Waals surface area (Å²) in [5, 5.41) is 8.33. The summed E-state index contributed by atoms with van der Waals surface area (Å²) in [5.41, 5.74) is 0.671. The SMILES string of the molecule is Cc1c(CC(=O)O)c2ccccc2n1C(=O)c1cc(Cl)c(F)c(Cl)c1F. The van der Waals surface area contributed by atoms with Crippen molar-refractivity contribution < 1.29 is 23.5 Å². The molecular formula is C18H11Cl2F2NO3. The second kappa shape index (κ2) is 6.70. The zero-order valence-electron chi connectivity index (χ0n) is 13.3. The molecule has 0 saturated carbocycles. The zero-order chi connectivity index (χ0) is 19.2. The van der Waals surface area contributed by atoms with Crippen molar-refractivity contribution in [3.8, 4) is 0 Å². The molecule has 1 N–H and O–H groups in total. The molecule has 0 unspecified atom stereocenters. The molecule has 134 valence electrons. The molecule has 0 bridgehead atoms. The Bertz CT molecular complexity index is 1080. The number of aromatic nitrogens is 1. The highest BCUT2D eigenvalue weighted by atomic mass is 35.5. The highest BCUT2D eigenvalue weighted by Crippen LogP contribution is 2.32. The molecule has 3 rings (SSSR count). The second-order valence-electron chi connectivity index (χ2n) is 5.64. The zero-order valence-corrected chi connectivity index (χ0v) is 14.8. The lowest BCUT2D eigenvalue weighted by Gasteiger charge is -2.10. The molecule has 4 nitrogen and oxygen atoms in total. The van der Waals surface area contributed by atoms with E-state index in [1.54, 1.807) is 31.2 Å². The lowest BCUT2D eigenvalue weighted by molar-refractivity contribution is -0.136. The first-order valence-corrected chi connectivity index (χ1v) is 8.18. The predicted octanol–water partition coefficient (Wildman–Crippen LogP) is 4.85. The average Bonchev–Trinajstić information content (AvgIpc) is 2.87. The Labute approximate surface area is 156 Å². The van der Waals surface area contributed by atoms with Crippen LogP contribution in [0.15, 0.2) is 30.3 Å². The van der Waals surface area contributed by atoms with Crippen molar-refractivity contribution in [3.63, 3.8) is 0 Å². The van der Waals surface area contributed by atoms with Crippen LogP contribution in [0.5, 0.6) is 0 Å². The van der Waals surface area contributed by atoms with Gasteiger partial charge in [0.25, 0.3) is 5.91 Å². The highest BCUT2D eigenvalue weighted by Gasteiger charge is 2.26. The number of rotatable bonds is 3. The van der Waals surface area contributed by atoms with Gasteiger partial charge in [-0.2, -0.15) is 0 Å². The number of carboxylic acids is 1. The quantitative estimate of drug-likeness (QED) is 0.507. The monoisotopic (exact) mass is 397 g/mol. The minimum Gasteiger partial charge on any atom is -0.481 e. The first kappa shape index (κ1) is 18.4. The normalized spacial score (nSPS) is 11.1. The Balaban J connectivity index is 2.28. The van der Waals surface area contributed by atoms with Gasteiger partial charge in [0.05, 0.1) is 22.5 Å². The average molecular weight is 398 g/mol. The van der Waals surface area contributed by atoms with Gasteiger partial charge in [-0.05, 0) is 24.6 Å². The van der Waals surface area contributed by atoms with E-state index in [0.29, 0.717) is 22.2 Å². The van der Waals surface area contributed by atoms with Crippen molar-refractivity contribution in [1.29, 1.82) is 0 Å². The van der Waals surface area contributed by atoms with Crippen LogP contribution in [0.25, 0.3) is 10.9 Å². The molecule has 0 spiro atoms. The lowest BCUT2D eigenvalue weighted by Crippen LogP contribution is -2.16. The lowest BCUT2D eigenvalue weighted by atomic mass is 10.1. The summed E-state index contributed by atoms with van der Waals surface area (Å²) in [7, 11) is 0. The van der Waals surface area contributed by atoms with Crippen molar-refractivity contribution in [2.75, 3.05) is 0 Å². The number of benzene rings is 2. The maximum Gasteiger partial charge on any atom is 0.307 e. The van der Waals surface area contributed by atoms with Gasteiger partial charge < -0.3 is 5.11 Å². The minimum atomic E-state index is -1.23. The Morgan fingerprint density at radius 3 is 2.46 bits per heavy atom. The summed E-state index contributed by atoms with van der Waals surface area (Å²) in [6.07, 6.45) is -0.306. The fourth-order valence-corrected chi connectivity index (χ4v) is 3.37. The number of aliphatic carboxylic acids is 1. The number of fused-ring (bicyclic) bond motifs is 1. The smallest absolute Gasteiger partial charge is 0.307 e. The molecule has 2 aromatic carbocycles. The van der Waals surface area contributed by atoms with Crippen LogP contribution in [0.1, 0.15) is 21.6 Å². The van der Waals surface area contributed by atoms with E-state index in [1.807, 2.05) is 0 Å². The Kier molecular flexibility index (Phi) is 4.73. The molecule has 3 aromatic rings. The number of carbonyl (C=O) groups is 2. The van der Waals surface area contributed by atoms with Crippen LogP contribution in [0.2, 0.25) is 10.0 Å². The van der Waals surface area contributed by atoms with Crippen LogP contribution in [0, 0.1) is 18.6 Å². The number of hydrogen-bond donors (Lipinski definition) is 1. The fraction of sp³-hybridized carbons (Fsp3) is 0.111. The van der Waals surface area contributed by atoms with Crippen molar-refractivity contribution >= 4 is 46.0 Å². The maximum absolute atomic E-state index is 14.4. The summed E-state index contributed by atoms with van der Waals surface area (Å²) in [6.45, 7) is 1.56. The van der Waals surface area contributed by atoms with Gasteiger partial charge in [0, 0.05) is 11.1 Å². The number of para-hydroxylation sites is 1. The summed E-state index contributed by atoms with van der Waals surface area (Å²) in [4.78, 5) is 24.1. The highest BCUT2D eigenvalue weighted by molar-refractivity contribution is 6.35. The van der Waals surface area contributed by atoms with Gasteiger partial charge in [0.2, 0.25) is 0 Å². The van der Waals surface area contributed by atoms with E-state index in [2.05, 4.69) is 0 Å². The predicted molar refractivity (Wildman–Crippen MR) is 94.1 cm³/mol. The Morgan fingerprint density at radius 1 is 1.15 bits per heavy atom. The number of carboxylic acid groups (broad SMARTS) is 1. The second-order valence-corrected chi connectivity index (χ2v) is 6.43. The van der Waals surface area contributed by atoms with E-state index >= 15 is 0 Å². The van der Waals surface area contributed by atoms with Gasteiger partial charge in [-0.25, -0.2) is 8.78 Å². The number of nitrogens with zero attached hydrogens (tertiary/aromatic N) is 1. The number of halogens is 4. The van der Waals surface area contributed by atoms with E-state index in [0.717, 1.165) is 6.07 Å².